The van der Waals surface area contributed by atoms with Gasteiger partial charge in [-0.1, -0.05) is 48.5 Å². The summed E-state index contributed by atoms with van der Waals surface area (Å²) in [4.78, 5) is 12.1. The molecule has 0 saturated heterocycles. The Bertz CT molecular complexity index is 834. The Morgan fingerprint density at radius 1 is 1.08 bits per heavy atom. The lowest BCUT2D eigenvalue weighted by molar-refractivity contribution is -0.120. The second kappa shape index (κ2) is 8.14. The van der Waals surface area contributed by atoms with E-state index in [1.54, 1.807) is 22.9 Å². The monoisotopic (exact) mass is 339 g/mol. The molecule has 3 aromatic rings. The largest absolute Gasteiger partial charge is 0.352 e. The van der Waals surface area contributed by atoms with Crippen LogP contribution >= 0.6 is 0 Å². The molecule has 0 atom stereocenters. The molecular weight excluding hydrogens is 321 g/mol. The summed E-state index contributed by atoms with van der Waals surface area (Å²) in [6.45, 7) is 0.726. The summed E-state index contributed by atoms with van der Waals surface area (Å²) >= 11 is 0. The molecule has 25 heavy (non-hydrogen) atoms. The minimum Gasteiger partial charge on any atom is -0.352 e. The third-order valence-corrected chi connectivity index (χ3v) is 3.81. The molecule has 6 nitrogen and oxygen atoms in total. The number of nitrogens with zero attached hydrogens (tertiary/aromatic N) is 4. The number of benzene rings is 2. The van der Waals surface area contributed by atoms with E-state index >= 15 is 0 Å². The van der Waals surface area contributed by atoms with Gasteiger partial charge in [-0.15, -0.1) is 5.10 Å². The predicted octanol–water partition coefficient (Wildman–Crippen LogP) is 1.91. The van der Waals surface area contributed by atoms with E-state index in [4.69, 9.17) is 0 Å². The summed E-state index contributed by atoms with van der Waals surface area (Å²) in [6, 6.07) is 16.3. The average molecular weight is 339 g/mol. The van der Waals surface area contributed by atoms with Crippen molar-refractivity contribution in [2.45, 2.75) is 25.9 Å². The number of hydrogen-bond acceptors (Lipinski definition) is 4. The van der Waals surface area contributed by atoms with E-state index in [2.05, 4.69) is 20.8 Å². The highest BCUT2D eigenvalue weighted by Crippen LogP contribution is 2.06. The summed E-state index contributed by atoms with van der Waals surface area (Å²) in [5.41, 5.74) is 1.62. The molecule has 0 radical (unpaired) electrons. The molecule has 1 N–H and O–H groups in total. The number of tetrazole rings is 1. The number of aryl methyl sites for hydroxylation is 2. The van der Waals surface area contributed by atoms with Gasteiger partial charge in [0.1, 0.15) is 5.82 Å². The molecular formula is C18H18FN5O. The Labute approximate surface area is 144 Å². The first-order valence-corrected chi connectivity index (χ1v) is 8.01. The molecule has 0 fully saturated rings. The van der Waals surface area contributed by atoms with Crippen LogP contribution in [0.2, 0.25) is 0 Å². The molecule has 0 bridgehead atoms. The number of hydrogen-bond donors (Lipinski definition) is 1. The molecule has 1 amide bonds. The van der Waals surface area contributed by atoms with Gasteiger partial charge in [0.15, 0.2) is 5.82 Å². The van der Waals surface area contributed by atoms with Crippen LogP contribution in [-0.2, 0) is 30.7 Å². The second-order valence-corrected chi connectivity index (χ2v) is 5.60. The maximum atomic E-state index is 13.6. The Hall–Kier alpha value is -3.09. The predicted molar refractivity (Wildman–Crippen MR) is 89.9 cm³/mol. The SMILES string of the molecule is O=C(Cc1nnnn1CCc1ccccc1)NCc1ccccc1F. The first-order valence-electron chi connectivity index (χ1n) is 8.01. The molecule has 1 aromatic heterocycles. The minimum atomic E-state index is -0.338. The molecule has 0 spiro atoms. The van der Waals surface area contributed by atoms with Crippen molar-refractivity contribution in [1.82, 2.24) is 25.5 Å². The van der Waals surface area contributed by atoms with Gasteiger partial charge >= 0.3 is 0 Å². The lowest BCUT2D eigenvalue weighted by atomic mass is 10.1. The van der Waals surface area contributed by atoms with Gasteiger partial charge in [-0.25, -0.2) is 9.07 Å². The van der Waals surface area contributed by atoms with E-state index in [1.807, 2.05) is 30.3 Å². The first-order chi connectivity index (χ1) is 12.2. The van der Waals surface area contributed by atoms with E-state index in [1.165, 1.54) is 11.6 Å². The van der Waals surface area contributed by atoms with E-state index in [0.717, 1.165) is 6.42 Å². The first kappa shape index (κ1) is 16.8. The highest BCUT2D eigenvalue weighted by molar-refractivity contribution is 5.77. The number of halogens is 1. The highest BCUT2D eigenvalue weighted by Gasteiger charge is 2.12. The fourth-order valence-corrected chi connectivity index (χ4v) is 2.44. The Balaban J connectivity index is 1.53. The van der Waals surface area contributed by atoms with Gasteiger partial charge in [-0.05, 0) is 28.5 Å². The standard InChI is InChI=1S/C18H18FN5O/c19-16-9-5-4-8-15(16)13-20-18(25)12-17-21-22-23-24(17)11-10-14-6-2-1-3-7-14/h1-9H,10-13H2,(H,20,25). The Morgan fingerprint density at radius 3 is 2.64 bits per heavy atom. The van der Waals surface area contributed by atoms with Gasteiger partial charge in [0.2, 0.25) is 5.91 Å². The van der Waals surface area contributed by atoms with Gasteiger partial charge in [-0.2, -0.15) is 0 Å². The lowest BCUT2D eigenvalue weighted by Crippen LogP contribution is -2.26. The number of nitrogens with one attached hydrogen (secondary N) is 1. The van der Waals surface area contributed by atoms with Gasteiger partial charge < -0.3 is 5.32 Å². The topological polar surface area (TPSA) is 72.7 Å². The van der Waals surface area contributed by atoms with Crippen LogP contribution in [0, 0.1) is 5.82 Å². The van der Waals surface area contributed by atoms with Gasteiger partial charge in [0, 0.05) is 18.7 Å². The van der Waals surface area contributed by atoms with E-state index < -0.39 is 0 Å². The third kappa shape index (κ3) is 4.69. The summed E-state index contributed by atoms with van der Waals surface area (Å²) < 4.78 is 15.2. The average Bonchev–Trinajstić information content (AvgIpc) is 3.07. The number of carbonyl (C=O) groups excluding carboxylic acids is 1. The third-order valence-electron chi connectivity index (χ3n) is 3.81. The minimum absolute atomic E-state index is 0.0518. The number of carbonyl (C=O) groups is 1. The molecule has 0 aliphatic rings. The van der Waals surface area contributed by atoms with Crippen LogP contribution in [-0.4, -0.2) is 26.1 Å². The molecule has 7 heteroatoms. The smallest absolute Gasteiger partial charge is 0.227 e. The van der Waals surface area contributed by atoms with Crippen LogP contribution in [0.25, 0.3) is 0 Å². The lowest BCUT2D eigenvalue weighted by Gasteiger charge is -2.07. The maximum Gasteiger partial charge on any atom is 0.227 e. The van der Waals surface area contributed by atoms with Crippen molar-refractivity contribution < 1.29 is 9.18 Å². The van der Waals surface area contributed by atoms with E-state index in [-0.39, 0.29) is 24.7 Å². The van der Waals surface area contributed by atoms with Crippen molar-refractivity contribution in [3.63, 3.8) is 0 Å². The Morgan fingerprint density at radius 2 is 1.84 bits per heavy atom. The summed E-state index contributed by atoms with van der Waals surface area (Å²) in [7, 11) is 0. The second-order valence-electron chi connectivity index (χ2n) is 5.60. The molecule has 2 aromatic carbocycles. The van der Waals surface area contributed by atoms with Crippen LogP contribution in [0.15, 0.2) is 54.6 Å². The van der Waals surface area contributed by atoms with Crippen molar-refractivity contribution in [2.75, 3.05) is 0 Å². The highest BCUT2D eigenvalue weighted by atomic mass is 19.1. The van der Waals surface area contributed by atoms with Gasteiger partial charge in [0.25, 0.3) is 0 Å². The van der Waals surface area contributed by atoms with Crippen LogP contribution < -0.4 is 5.32 Å². The van der Waals surface area contributed by atoms with Crippen LogP contribution in [0.3, 0.4) is 0 Å². The van der Waals surface area contributed by atoms with Crippen LogP contribution in [0.4, 0.5) is 4.39 Å². The summed E-state index contributed by atoms with van der Waals surface area (Å²) in [5.74, 6) is -0.100. The van der Waals surface area contributed by atoms with Crippen LogP contribution in [0.1, 0.15) is 17.0 Å². The fourth-order valence-electron chi connectivity index (χ4n) is 2.44. The van der Waals surface area contributed by atoms with Crippen molar-refractivity contribution >= 4 is 5.91 Å². The molecule has 0 aliphatic carbocycles. The van der Waals surface area contributed by atoms with Crippen molar-refractivity contribution in [3.8, 4) is 0 Å². The normalized spacial score (nSPS) is 10.6. The zero-order chi connectivity index (χ0) is 17.5. The molecule has 128 valence electrons. The van der Waals surface area contributed by atoms with Crippen LogP contribution in [0.5, 0.6) is 0 Å². The Kier molecular flexibility index (Phi) is 5.46. The quantitative estimate of drug-likeness (QED) is 0.714. The molecule has 3 rings (SSSR count). The zero-order valence-electron chi connectivity index (χ0n) is 13.6. The summed E-state index contributed by atoms with van der Waals surface area (Å²) in [6.07, 6.45) is 0.825. The van der Waals surface area contributed by atoms with E-state index in [0.29, 0.717) is 17.9 Å². The van der Waals surface area contributed by atoms with Crippen molar-refractivity contribution in [2.24, 2.45) is 0 Å². The summed E-state index contributed by atoms with van der Waals surface area (Å²) in [5, 5.41) is 14.2. The number of rotatable bonds is 7. The zero-order valence-corrected chi connectivity index (χ0v) is 13.6. The number of amides is 1. The molecule has 0 saturated carbocycles. The fraction of sp³-hybridized carbons (Fsp3) is 0.222. The molecule has 0 aliphatic heterocycles. The van der Waals surface area contributed by atoms with Crippen molar-refractivity contribution in [1.29, 1.82) is 0 Å². The molecule has 0 unspecified atom stereocenters. The maximum absolute atomic E-state index is 13.6. The molecule has 1 heterocycles. The van der Waals surface area contributed by atoms with Gasteiger partial charge in [0.05, 0.1) is 6.42 Å². The van der Waals surface area contributed by atoms with Crippen molar-refractivity contribution in [3.05, 3.63) is 77.4 Å². The van der Waals surface area contributed by atoms with Gasteiger partial charge in [-0.3, -0.25) is 4.79 Å². The van der Waals surface area contributed by atoms with E-state index in [9.17, 15) is 9.18 Å². The number of aromatic nitrogens is 4.